The van der Waals surface area contributed by atoms with E-state index in [9.17, 15) is 13.6 Å². The summed E-state index contributed by atoms with van der Waals surface area (Å²) in [4.78, 5) is 12.4. The molecule has 0 aromatic heterocycles. The van der Waals surface area contributed by atoms with Crippen LogP contribution in [0.3, 0.4) is 0 Å². The van der Waals surface area contributed by atoms with Crippen LogP contribution < -0.4 is 24.3 Å². The quantitative estimate of drug-likeness (QED) is 0.824. The van der Waals surface area contributed by atoms with E-state index < -0.39 is 12.5 Å². The van der Waals surface area contributed by atoms with Crippen molar-refractivity contribution < 1.29 is 32.5 Å². The summed E-state index contributed by atoms with van der Waals surface area (Å²) in [5.41, 5.74) is 0.548. The van der Waals surface area contributed by atoms with E-state index in [2.05, 4.69) is 10.1 Å². The molecule has 0 fully saturated rings. The van der Waals surface area contributed by atoms with Gasteiger partial charge in [-0.3, -0.25) is 4.79 Å². The Hall–Kier alpha value is -3.03. The first-order chi connectivity index (χ1) is 12.0. The largest absolute Gasteiger partial charge is 0.497 e. The van der Waals surface area contributed by atoms with Crippen molar-refractivity contribution in [1.29, 1.82) is 0 Å². The van der Waals surface area contributed by atoms with E-state index in [0.717, 1.165) is 0 Å². The SMILES string of the molecule is COc1cc(OC)cc(C(=O)Nc2ccc(OC)c(OC(F)F)c2)c1. The highest BCUT2D eigenvalue weighted by atomic mass is 19.3. The number of alkyl halides is 2. The van der Waals surface area contributed by atoms with Crippen LogP contribution in [0.4, 0.5) is 14.5 Å². The Labute approximate surface area is 143 Å². The summed E-state index contributed by atoms with van der Waals surface area (Å²) >= 11 is 0. The third-order valence-electron chi connectivity index (χ3n) is 3.25. The summed E-state index contributed by atoms with van der Waals surface area (Å²) in [6.45, 7) is -3.01. The van der Waals surface area contributed by atoms with Crippen LogP contribution in [0.15, 0.2) is 36.4 Å². The average Bonchev–Trinajstić information content (AvgIpc) is 2.60. The van der Waals surface area contributed by atoms with Crippen LogP contribution in [0.25, 0.3) is 0 Å². The number of carbonyl (C=O) groups is 1. The van der Waals surface area contributed by atoms with Crippen molar-refractivity contribution in [2.45, 2.75) is 6.61 Å². The van der Waals surface area contributed by atoms with Crippen LogP contribution in [-0.4, -0.2) is 33.8 Å². The van der Waals surface area contributed by atoms with Crippen LogP contribution >= 0.6 is 0 Å². The number of nitrogens with one attached hydrogen (secondary N) is 1. The fourth-order valence-corrected chi connectivity index (χ4v) is 2.08. The summed E-state index contributed by atoms with van der Waals surface area (Å²) in [5.74, 6) is 0.368. The molecular formula is C17H17F2NO5. The Morgan fingerprint density at radius 2 is 1.56 bits per heavy atom. The fourth-order valence-electron chi connectivity index (χ4n) is 2.08. The van der Waals surface area contributed by atoms with Gasteiger partial charge in [0.05, 0.1) is 21.3 Å². The molecule has 1 N–H and O–H groups in total. The van der Waals surface area contributed by atoms with Crippen molar-refractivity contribution in [2.75, 3.05) is 26.6 Å². The van der Waals surface area contributed by atoms with Crippen molar-refractivity contribution in [3.8, 4) is 23.0 Å². The molecule has 0 heterocycles. The van der Waals surface area contributed by atoms with Gasteiger partial charge in [0.2, 0.25) is 0 Å². The maximum Gasteiger partial charge on any atom is 0.387 e. The van der Waals surface area contributed by atoms with Crippen molar-refractivity contribution in [1.82, 2.24) is 0 Å². The first kappa shape index (κ1) is 18.3. The molecule has 0 spiro atoms. The Morgan fingerprint density at radius 1 is 0.920 bits per heavy atom. The summed E-state index contributed by atoms with van der Waals surface area (Å²) in [7, 11) is 4.26. The molecule has 8 heteroatoms. The van der Waals surface area contributed by atoms with Gasteiger partial charge in [0, 0.05) is 23.4 Å². The lowest BCUT2D eigenvalue weighted by Crippen LogP contribution is -2.13. The lowest BCUT2D eigenvalue weighted by atomic mass is 10.1. The Kier molecular flexibility index (Phi) is 5.99. The van der Waals surface area contributed by atoms with Crippen molar-refractivity contribution in [2.24, 2.45) is 0 Å². The highest BCUT2D eigenvalue weighted by Crippen LogP contribution is 2.32. The number of amides is 1. The molecule has 0 bridgehead atoms. The number of rotatable bonds is 7. The van der Waals surface area contributed by atoms with Crippen molar-refractivity contribution >= 4 is 11.6 Å². The van der Waals surface area contributed by atoms with E-state index >= 15 is 0 Å². The van der Waals surface area contributed by atoms with Gasteiger partial charge in [-0.1, -0.05) is 0 Å². The lowest BCUT2D eigenvalue weighted by Gasteiger charge is -2.13. The molecule has 2 rings (SSSR count). The number of methoxy groups -OCH3 is 3. The number of ether oxygens (including phenoxy) is 4. The van der Waals surface area contributed by atoms with Gasteiger partial charge in [-0.2, -0.15) is 8.78 Å². The molecule has 0 saturated heterocycles. The summed E-state index contributed by atoms with van der Waals surface area (Å²) in [6.07, 6.45) is 0. The summed E-state index contributed by atoms with van der Waals surface area (Å²) < 4.78 is 44.5. The molecule has 25 heavy (non-hydrogen) atoms. The van der Waals surface area contributed by atoms with E-state index in [1.54, 1.807) is 6.07 Å². The summed E-state index contributed by atoms with van der Waals surface area (Å²) in [5, 5.41) is 2.60. The molecule has 2 aromatic carbocycles. The first-order valence-corrected chi connectivity index (χ1v) is 7.14. The zero-order valence-electron chi connectivity index (χ0n) is 13.8. The molecule has 0 aliphatic rings. The summed E-state index contributed by atoms with van der Waals surface area (Å²) in [6, 6.07) is 8.85. The number of benzene rings is 2. The third kappa shape index (κ3) is 4.72. The maximum absolute atomic E-state index is 12.5. The number of hydrogen-bond acceptors (Lipinski definition) is 5. The van der Waals surface area contributed by atoms with Gasteiger partial charge in [-0.15, -0.1) is 0 Å². The fraction of sp³-hybridized carbons (Fsp3) is 0.235. The zero-order valence-corrected chi connectivity index (χ0v) is 13.8. The second kappa shape index (κ2) is 8.18. The van der Waals surface area contributed by atoms with Gasteiger partial charge in [-0.05, 0) is 24.3 Å². The van der Waals surface area contributed by atoms with Crippen LogP contribution in [0.1, 0.15) is 10.4 Å². The van der Waals surface area contributed by atoms with Crippen LogP contribution in [-0.2, 0) is 0 Å². The van der Waals surface area contributed by atoms with Crippen LogP contribution in [0.2, 0.25) is 0 Å². The molecule has 0 aliphatic heterocycles. The molecule has 0 radical (unpaired) electrons. The topological polar surface area (TPSA) is 66.0 Å². The minimum atomic E-state index is -3.01. The molecule has 0 atom stereocenters. The Balaban J connectivity index is 2.25. The number of carbonyl (C=O) groups excluding carboxylic acids is 1. The predicted octanol–water partition coefficient (Wildman–Crippen LogP) is 3.57. The van der Waals surface area contributed by atoms with Gasteiger partial charge in [0.1, 0.15) is 11.5 Å². The molecule has 0 unspecified atom stereocenters. The molecule has 134 valence electrons. The molecule has 6 nitrogen and oxygen atoms in total. The van der Waals surface area contributed by atoms with Gasteiger partial charge >= 0.3 is 6.61 Å². The highest BCUT2D eigenvalue weighted by Gasteiger charge is 2.14. The maximum atomic E-state index is 12.5. The van der Waals surface area contributed by atoms with Gasteiger partial charge < -0.3 is 24.3 Å². The molecule has 2 aromatic rings. The second-order valence-electron chi connectivity index (χ2n) is 4.80. The van der Waals surface area contributed by atoms with E-state index in [4.69, 9.17) is 14.2 Å². The van der Waals surface area contributed by atoms with Gasteiger partial charge in [0.15, 0.2) is 11.5 Å². The number of halogens is 2. The zero-order chi connectivity index (χ0) is 18.4. The van der Waals surface area contributed by atoms with E-state index in [1.165, 1.54) is 51.7 Å². The minimum absolute atomic E-state index is 0.126. The van der Waals surface area contributed by atoms with Crippen molar-refractivity contribution in [3.05, 3.63) is 42.0 Å². The van der Waals surface area contributed by atoms with Gasteiger partial charge in [-0.25, -0.2) is 0 Å². The third-order valence-corrected chi connectivity index (χ3v) is 3.25. The van der Waals surface area contributed by atoms with Gasteiger partial charge in [0.25, 0.3) is 5.91 Å². The first-order valence-electron chi connectivity index (χ1n) is 7.14. The Bertz CT molecular complexity index is 730. The predicted molar refractivity (Wildman–Crippen MR) is 87.1 cm³/mol. The van der Waals surface area contributed by atoms with Crippen molar-refractivity contribution in [3.63, 3.8) is 0 Å². The van der Waals surface area contributed by atoms with E-state index in [1.807, 2.05) is 0 Å². The molecule has 0 saturated carbocycles. The molecular weight excluding hydrogens is 336 g/mol. The molecule has 1 amide bonds. The minimum Gasteiger partial charge on any atom is -0.497 e. The molecule has 0 aliphatic carbocycles. The number of anilines is 1. The standard InChI is InChI=1S/C17H17F2NO5/c1-22-12-6-10(7-13(9-12)23-2)16(21)20-11-4-5-14(24-3)15(8-11)25-17(18)19/h4-9,17H,1-3H3,(H,20,21). The number of hydrogen-bond donors (Lipinski definition) is 1. The normalized spacial score (nSPS) is 10.3. The van der Waals surface area contributed by atoms with Crippen LogP contribution in [0, 0.1) is 0 Å². The van der Waals surface area contributed by atoms with Crippen LogP contribution in [0.5, 0.6) is 23.0 Å². The second-order valence-corrected chi connectivity index (χ2v) is 4.80. The van der Waals surface area contributed by atoms with E-state index in [0.29, 0.717) is 11.5 Å². The lowest BCUT2D eigenvalue weighted by molar-refractivity contribution is -0.0511. The smallest absolute Gasteiger partial charge is 0.387 e. The van der Waals surface area contributed by atoms with E-state index in [-0.39, 0.29) is 22.7 Å². The highest BCUT2D eigenvalue weighted by molar-refractivity contribution is 6.05. The average molecular weight is 353 g/mol. The monoisotopic (exact) mass is 353 g/mol. The Morgan fingerprint density at radius 3 is 2.08 bits per heavy atom.